The summed E-state index contributed by atoms with van der Waals surface area (Å²) >= 11 is 5.16. The second-order valence-corrected chi connectivity index (χ2v) is 6.10. The van der Waals surface area contributed by atoms with Crippen LogP contribution in [-0.2, 0) is 6.54 Å². The molecule has 0 unspecified atom stereocenters. The van der Waals surface area contributed by atoms with Crippen molar-refractivity contribution < 1.29 is 4.74 Å². The molecule has 0 saturated carbocycles. The number of anilines is 2. The number of benzene rings is 1. The lowest BCUT2D eigenvalue weighted by Crippen LogP contribution is -1.99. The van der Waals surface area contributed by atoms with Crippen LogP contribution >= 0.6 is 27.3 Å². The maximum absolute atomic E-state index is 5.78. The van der Waals surface area contributed by atoms with Crippen LogP contribution in [0.25, 0.3) is 0 Å². The van der Waals surface area contributed by atoms with Crippen LogP contribution in [0.1, 0.15) is 4.88 Å². The van der Waals surface area contributed by atoms with Gasteiger partial charge in [0.15, 0.2) is 0 Å². The summed E-state index contributed by atoms with van der Waals surface area (Å²) < 4.78 is 6.31. The van der Waals surface area contributed by atoms with Gasteiger partial charge < -0.3 is 15.8 Å². The Kier molecular flexibility index (Phi) is 3.91. The zero-order valence-electron chi connectivity index (χ0n) is 9.37. The zero-order chi connectivity index (χ0) is 12.3. The minimum absolute atomic E-state index is 0.694. The molecule has 5 heteroatoms. The van der Waals surface area contributed by atoms with Gasteiger partial charge in [0.25, 0.3) is 0 Å². The Morgan fingerprint density at radius 3 is 2.82 bits per heavy atom. The van der Waals surface area contributed by atoms with Crippen LogP contribution in [0.2, 0.25) is 0 Å². The number of nitrogens with one attached hydrogen (secondary N) is 1. The Hall–Kier alpha value is -1.20. The predicted octanol–water partition coefficient (Wildman–Crippen LogP) is 3.71. The van der Waals surface area contributed by atoms with Gasteiger partial charge in [0.1, 0.15) is 5.75 Å². The van der Waals surface area contributed by atoms with Crippen molar-refractivity contribution in [2.24, 2.45) is 0 Å². The molecule has 3 nitrogen and oxygen atoms in total. The van der Waals surface area contributed by atoms with E-state index in [1.807, 2.05) is 18.2 Å². The smallest absolute Gasteiger partial charge is 0.122 e. The molecule has 3 N–H and O–H groups in total. The van der Waals surface area contributed by atoms with Crippen molar-refractivity contribution in [2.75, 3.05) is 18.2 Å². The summed E-state index contributed by atoms with van der Waals surface area (Å²) in [6, 6.07) is 9.75. The van der Waals surface area contributed by atoms with Crippen LogP contribution in [0.5, 0.6) is 5.75 Å². The van der Waals surface area contributed by atoms with Gasteiger partial charge >= 0.3 is 0 Å². The summed E-state index contributed by atoms with van der Waals surface area (Å²) in [6.45, 7) is 0.781. The molecule has 0 saturated heterocycles. The number of nitrogens with two attached hydrogens (primary N) is 1. The Balaban J connectivity index is 2.05. The number of ether oxygens (including phenoxy) is 1. The molecule has 0 spiro atoms. The van der Waals surface area contributed by atoms with Crippen molar-refractivity contribution in [3.8, 4) is 5.75 Å². The van der Waals surface area contributed by atoms with E-state index >= 15 is 0 Å². The number of methoxy groups -OCH3 is 1. The summed E-state index contributed by atoms with van der Waals surface area (Å²) in [4.78, 5) is 1.26. The van der Waals surface area contributed by atoms with E-state index in [2.05, 4.69) is 27.3 Å². The van der Waals surface area contributed by atoms with Crippen molar-refractivity contribution >= 4 is 38.6 Å². The molecule has 0 bridgehead atoms. The van der Waals surface area contributed by atoms with E-state index in [0.717, 1.165) is 21.8 Å². The minimum atomic E-state index is 0.694. The molecule has 1 aromatic heterocycles. The van der Waals surface area contributed by atoms with Crippen molar-refractivity contribution in [3.05, 3.63) is 39.0 Å². The second kappa shape index (κ2) is 5.42. The van der Waals surface area contributed by atoms with E-state index in [1.165, 1.54) is 4.88 Å². The molecule has 2 rings (SSSR count). The monoisotopic (exact) mass is 312 g/mol. The van der Waals surface area contributed by atoms with Gasteiger partial charge in [-0.15, -0.1) is 11.3 Å². The largest absolute Gasteiger partial charge is 0.497 e. The Bertz CT molecular complexity index is 513. The Labute approximate surface area is 113 Å². The van der Waals surface area contributed by atoms with E-state index in [-0.39, 0.29) is 0 Å². The number of halogens is 1. The first kappa shape index (κ1) is 12.3. The van der Waals surface area contributed by atoms with Gasteiger partial charge in [-0.1, -0.05) is 0 Å². The molecule has 0 aliphatic heterocycles. The lowest BCUT2D eigenvalue weighted by molar-refractivity contribution is 0.415. The van der Waals surface area contributed by atoms with Gasteiger partial charge in [-0.05, 0) is 34.1 Å². The number of hydrogen-bond acceptors (Lipinski definition) is 4. The molecule has 90 valence electrons. The first-order chi connectivity index (χ1) is 8.17. The normalized spacial score (nSPS) is 10.2. The van der Waals surface area contributed by atoms with E-state index in [9.17, 15) is 0 Å². The molecule has 0 fully saturated rings. The fourth-order valence-electron chi connectivity index (χ4n) is 1.48. The van der Waals surface area contributed by atoms with E-state index in [1.54, 1.807) is 24.5 Å². The highest BCUT2D eigenvalue weighted by molar-refractivity contribution is 9.11. The van der Waals surface area contributed by atoms with Crippen molar-refractivity contribution in [1.29, 1.82) is 0 Å². The summed E-state index contributed by atoms with van der Waals surface area (Å²) in [7, 11) is 1.63. The first-order valence-corrected chi connectivity index (χ1v) is 6.71. The average Bonchev–Trinajstić information content (AvgIpc) is 2.72. The SMILES string of the molecule is COc1cc(N)cc(NCc2ccc(Br)s2)c1. The molecule has 0 atom stereocenters. The van der Waals surface area contributed by atoms with E-state index in [0.29, 0.717) is 5.69 Å². The van der Waals surface area contributed by atoms with Crippen LogP contribution in [0.15, 0.2) is 34.1 Å². The number of thiophene rings is 1. The Morgan fingerprint density at radius 2 is 2.18 bits per heavy atom. The fraction of sp³-hybridized carbons (Fsp3) is 0.167. The molecule has 17 heavy (non-hydrogen) atoms. The van der Waals surface area contributed by atoms with Crippen molar-refractivity contribution in [3.63, 3.8) is 0 Å². The summed E-state index contributed by atoms with van der Waals surface area (Å²) in [5, 5.41) is 3.32. The topological polar surface area (TPSA) is 47.3 Å². The first-order valence-electron chi connectivity index (χ1n) is 5.10. The molecule has 2 aromatic rings. The maximum Gasteiger partial charge on any atom is 0.122 e. The molecule has 1 heterocycles. The van der Waals surface area contributed by atoms with Gasteiger partial charge in [-0.25, -0.2) is 0 Å². The predicted molar refractivity (Wildman–Crippen MR) is 76.8 cm³/mol. The zero-order valence-corrected chi connectivity index (χ0v) is 11.8. The highest BCUT2D eigenvalue weighted by Gasteiger charge is 2.01. The molecule has 0 aliphatic carbocycles. The van der Waals surface area contributed by atoms with Gasteiger partial charge in [0, 0.05) is 34.9 Å². The summed E-state index contributed by atoms with van der Waals surface area (Å²) in [5.41, 5.74) is 7.44. The second-order valence-electron chi connectivity index (χ2n) is 3.55. The number of hydrogen-bond donors (Lipinski definition) is 2. The van der Waals surface area contributed by atoms with Gasteiger partial charge in [0.2, 0.25) is 0 Å². The number of rotatable bonds is 4. The maximum atomic E-state index is 5.78. The lowest BCUT2D eigenvalue weighted by atomic mass is 10.2. The van der Waals surface area contributed by atoms with Crippen LogP contribution in [-0.4, -0.2) is 7.11 Å². The molecular weight excluding hydrogens is 300 g/mol. The third-order valence-electron chi connectivity index (χ3n) is 2.26. The third-order valence-corrected chi connectivity index (χ3v) is 3.88. The molecule has 0 radical (unpaired) electrons. The lowest BCUT2D eigenvalue weighted by Gasteiger charge is -2.08. The highest BCUT2D eigenvalue weighted by Crippen LogP contribution is 2.25. The third kappa shape index (κ3) is 3.38. The molecule has 1 aromatic carbocycles. The van der Waals surface area contributed by atoms with Gasteiger partial charge in [-0.3, -0.25) is 0 Å². The van der Waals surface area contributed by atoms with Crippen molar-refractivity contribution in [1.82, 2.24) is 0 Å². The van der Waals surface area contributed by atoms with Gasteiger partial charge in [-0.2, -0.15) is 0 Å². The quantitative estimate of drug-likeness (QED) is 0.846. The molecule has 0 amide bonds. The van der Waals surface area contributed by atoms with Gasteiger partial charge in [0.05, 0.1) is 10.9 Å². The Morgan fingerprint density at radius 1 is 1.35 bits per heavy atom. The molecule has 0 aliphatic rings. The minimum Gasteiger partial charge on any atom is -0.497 e. The van der Waals surface area contributed by atoms with Crippen LogP contribution in [0.3, 0.4) is 0 Å². The van der Waals surface area contributed by atoms with Crippen LogP contribution in [0, 0.1) is 0 Å². The standard InChI is InChI=1S/C12H13BrN2OS/c1-16-10-5-8(14)4-9(6-10)15-7-11-2-3-12(13)17-11/h2-6,15H,7,14H2,1H3. The number of nitrogen functional groups attached to an aromatic ring is 1. The van der Waals surface area contributed by atoms with E-state index < -0.39 is 0 Å². The van der Waals surface area contributed by atoms with Crippen LogP contribution < -0.4 is 15.8 Å². The summed E-state index contributed by atoms with van der Waals surface area (Å²) in [6.07, 6.45) is 0. The fourth-order valence-corrected chi connectivity index (χ4v) is 2.90. The highest BCUT2D eigenvalue weighted by atomic mass is 79.9. The van der Waals surface area contributed by atoms with E-state index in [4.69, 9.17) is 10.5 Å². The molecular formula is C12H13BrN2OS. The van der Waals surface area contributed by atoms with Crippen molar-refractivity contribution in [2.45, 2.75) is 6.54 Å². The van der Waals surface area contributed by atoms with Crippen LogP contribution in [0.4, 0.5) is 11.4 Å². The average molecular weight is 313 g/mol. The summed E-state index contributed by atoms with van der Waals surface area (Å²) in [5.74, 6) is 0.764.